The van der Waals surface area contributed by atoms with Gasteiger partial charge in [0.15, 0.2) is 10.1 Å². The molecule has 0 saturated carbocycles. The summed E-state index contributed by atoms with van der Waals surface area (Å²) in [6, 6.07) is 8.23. The average molecular weight is 321 g/mol. The first kappa shape index (κ1) is 15.4. The number of thiazole rings is 1. The van der Waals surface area contributed by atoms with Crippen molar-refractivity contribution in [2.75, 3.05) is 0 Å². The van der Waals surface area contributed by atoms with E-state index in [9.17, 15) is 14.4 Å². The van der Waals surface area contributed by atoms with E-state index in [1.807, 2.05) is 0 Å². The summed E-state index contributed by atoms with van der Waals surface area (Å²) in [6.07, 6.45) is 0. The Bertz CT molecular complexity index is 694. The monoisotopic (exact) mass is 321 g/mol. The molecule has 0 atom stereocenters. The molecule has 1 aromatic carbocycles. The molecule has 0 bridgehead atoms. The van der Waals surface area contributed by atoms with Gasteiger partial charge in [0.1, 0.15) is 0 Å². The second-order valence-electron chi connectivity index (χ2n) is 4.06. The molecular formula is C14H11NO4S2. The number of aromatic nitrogens is 1. The first-order valence-corrected chi connectivity index (χ1v) is 7.58. The lowest BCUT2D eigenvalue weighted by atomic mass is 10.2. The molecule has 0 radical (unpaired) electrons. The number of esters is 1. The van der Waals surface area contributed by atoms with Gasteiger partial charge in [-0.3, -0.25) is 4.79 Å². The highest BCUT2D eigenvalue weighted by molar-refractivity contribution is 8.14. The summed E-state index contributed by atoms with van der Waals surface area (Å²) in [5, 5.41) is -0.771. The topological polar surface area (TPSA) is 73.3 Å². The fraction of sp³-hybridized carbons (Fsp3) is 0.143. The van der Waals surface area contributed by atoms with Crippen LogP contribution in [0.3, 0.4) is 0 Å². The molecule has 108 valence electrons. The molecule has 0 unspecified atom stereocenters. The number of carbonyl (C=O) groups excluding carboxylic acids is 3. The largest absolute Gasteiger partial charge is 0.382 e. The molecule has 21 heavy (non-hydrogen) atoms. The van der Waals surface area contributed by atoms with Crippen molar-refractivity contribution in [1.29, 1.82) is 0 Å². The third-order valence-electron chi connectivity index (χ3n) is 2.45. The van der Waals surface area contributed by atoms with E-state index in [1.165, 1.54) is 6.92 Å². The van der Waals surface area contributed by atoms with E-state index in [4.69, 9.17) is 4.74 Å². The maximum Gasteiger partial charge on any atom is 0.382 e. The van der Waals surface area contributed by atoms with E-state index in [0.29, 0.717) is 32.2 Å². The van der Waals surface area contributed by atoms with Gasteiger partial charge in [-0.25, -0.2) is 14.6 Å². The Balaban J connectivity index is 2.01. The smallest absolute Gasteiger partial charge is 0.381 e. The quantitative estimate of drug-likeness (QED) is 0.371. The Kier molecular flexibility index (Phi) is 4.87. The lowest BCUT2D eigenvalue weighted by molar-refractivity contribution is 0.0664. The van der Waals surface area contributed by atoms with Crippen molar-refractivity contribution in [3.05, 3.63) is 46.5 Å². The molecule has 1 heterocycles. The third kappa shape index (κ3) is 3.99. The van der Waals surface area contributed by atoms with E-state index in [0.717, 1.165) is 11.3 Å². The number of ketones is 1. The Morgan fingerprint density at radius 1 is 1.19 bits per heavy atom. The molecular weight excluding hydrogens is 310 g/mol. The zero-order chi connectivity index (χ0) is 15.4. The molecule has 0 spiro atoms. The van der Waals surface area contributed by atoms with Gasteiger partial charge in [-0.15, -0.1) is 11.3 Å². The molecule has 0 aliphatic heterocycles. The van der Waals surface area contributed by atoms with E-state index >= 15 is 0 Å². The number of hydrogen-bond donors (Lipinski definition) is 0. The van der Waals surface area contributed by atoms with Crippen molar-refractivity contribution in [3.8, 4) is 0 Å². The number of hydrogen-bond acceptors (Lipinski definition) is 7. The number of thioether (sulfide) groups is 1. The van der Waals surface area contributed by atoms with Crippen LogP contribution in [-0.4, -0.2) is 22.0 Å². The molecule has 0 amide bonds. The van der Waals surface area contributed by atoms with Crippen molar-refractivity contribution in [2.45, 2.75) is 18.2 Å². The normalized spacial score (nSPS) is 10.2. The van der Waals surface area contributed by atoms with Crippen LogP contribution in [0.15, 0.2) is 34.7 Å². The predicted octanol–water partition coefficient (Wildman–Crippen LogP) is 3.72. The molecule has 0 aliphatic rings. The molecule has 0 N–H and O–H groups in total. The van der Waals surface area contributed by atoms with E-state index < -0.39 is 11.3 Å². The Hall–Kier alpha value is -1.99. The van der Waals surface area contributed by atoms with Crippen LogP contribution in [0.2, 0.25) is 0 Å². The van der Waals surface area contributed by atoms with Gasteiger partial charge in [0, 0.05) is 18.7 Å². The third-order valence-corrected chi connectivity index (χ3v) is 4.52. The van der Waals surface area contributed by atoms with Crippen LogP contribution in [0, 0.1) is 6.92 Å². The fourth-order valence-corrected chi connectivity index (χ4v) is 3.30. The molecule has 2 rings (SSSR count). The van der Waals surface area contributed by atoms with Gasteiger partial charge in [0.25, 0.3) is 0 Å². The summed E-state index contributed by atoms with van der Waals surface area (Å²) < 4.78 is 5.10. The van der Waals surface area contributed by atoms with Crippen LogP contribution < -0.4 is 0 Å². The SMILES string of the molecule is CC(=O)c1sc(SC(=O)OC(=O)c2ccccc2)nc1C. The van der Waals surface area contributed by atoms with Crippen molar-refractivity contribution < 1.29 is 19.1 Å². The Morgan fingerprint density at radius 2 is 1.86 bits per heavy atom. The van der Waals surface area contributed by atoms with Gasteiger partial charge in [-0.2, -0.15) is 0 Å². The van der Waals surface area contributed by atoms with Crippen molar-refractivity contribution in [1.82, 2.24) is 4.98 Å². The number of benzene rings is 1. The fourth-order valence-electron chi connectivity index (χ4n) is 1.54. The molecule has 0 aliphatic carbocycles. The Labute approximate surface area is 129 Å². The number of rotatable bonds is 3. The summed E-state index contributed by atoms with van der Waals surface area (Å²) >= 11 is 1.80. The maximum atomic E-state index is 11.7. The van der Waals surface area contributed by atoms with Crippen molar-refractivity contribution >= 4 is 40.2 Å². The zero-order valence-electron chi connectivity index (χ0n) is 11.3. The first-order chi connectivity index (χ1) is 9.97. The number of Topliss-reactive ketones (excluding diaryl/α,β-unsaturated/α-hetero) is 1. The van der Waals surface area contributed by atoms with Crippen LogP contribution in [0.1, 0.15) is 32.6 Å². The minimum absolute atomic E-state index is 0.106. The van der Waals surface area contributed by atoms with Crippen LogP contribution >= 0.6 is 23.1 Å². The summed E-state index contributed by atoms with van der Waals surface area (Å²) in [4.78, 5) is 39.3. The zero-order valence-corrected chi connectivity index (χ0v) is 12.9. The average Bonchev–Trinajstić information content (AvgIpc) is 2.80. The molecule has 0 fully saturated rings. The summed E-state index contributed by atoms with van der Waals surface area (Å²) in [6.45, 7) is 3.13. The predicted molar refractivity (Wildman–Crippen MR) is 80.0 cm³/mol. The van der Waals surface area contributed by atoms with Gasteiger partial charge in [0.05, 0.1) is 16.1 Å². The summed E-state index contributed by atoms with van der Waals surface area (Å²) in [7, 11) is 0. The van der Waals surface area contributed by atoms with Crippen LogP contribution in [-0.2, 0) is 4.74 Å². The standard InChI is InChI=1S/C14H11NO4S2/c1-8-11(9(2)16)20-13(15-8)21-14(18)19-12(17)10-6-4-3-5-7-10/h3-7H,1-2H3. The molecule has 5 nitrogen and oxygen atoms in total. The van der Waals surface area contributed by atoms with E-state index in [1.54, 1.807) is 37.3 Å². The van der Waals surface area contributed by atoms with Crippen LogP contribution in [0.4, 0.5) is 4.79 Å². The summed E-state index contributed by atoms with van der Waals surface area (Å²) in [5.74, 6) is -0.821. The Morgan fingerprint density at radius 3 is 2.43 bits per heavy atom. The molecule has 2 aromatic rings. The van der Waals surface area contributed by atoms with Crippen LogP contribution in [0.5, 0.6) is 0 Å². The van der Waals surface area contributed by atoms with Crippen molar-refractivity contribution in [2.24, 2.45) is 0 Å². The number of aryl methyl sites for hydroxylation is 1. The second-order valence-corrected chi connectivity index (χ2v) is 6.24. The maximum absolute atomic E-state index is 11.7. The number of nitrogens with zero attached hydrogens (tertiary/aromatic N) is 1. The highest BCUT2D eigenvalue weighted by Crippen LogP contribution is 2.28. The van der Waals surface area contributed by atoms with Crippen molar-refractivity contribution in [3.63, 3.8) is 0 Å². The van der Waals surface area contributed by atoms with E-state index in [-0.39, 0.29) is 5.78 Å². The lowest BCUT2D eigenvalue weighted by Gasteiger charge is -2.00. The van der Waals surface area contributed by atoms with Gasteiger partial charge < -0.3 is 4.74 Å². The second kappa shape index (κ2) is 6.64. The lowest BCUT2D eigenvalue weighted by Crippen LogP contribution is -2.08. The van der Waals surface area contributed by atoms with E-state index in [2.05, 4.69) is 4.98 Å². The molecule has 1 aromatic heterocycles. The highest BCUT2D eigenvalue weighted by Gasteiger charge is 2.18. The molecule has 0 saturated heterocycles. The van der Waals surface area contributed by atoms with Crippen LogP contribution in [0.25, 0.3) is 0 Å². The van der Waals surface area contributed by atoms with Gasteiger partial charge in [-0.1, -0.05) is 18.2 Å². The number of ether oxygens (including phenoxy) is 1. The van der Waals surface area contributed by atoms with Gasteiger partial charge in [-0.05, 0) is 19.1 Å². The number of carbonyl (C=O) groups is 3. The van der Waals surface area contributed by atoms with Gasteiger partial charge >= 0.3 is 11.3 Å². The molecule has 7 heteroatoms. The minimum atomic E-state index is -0.771. The minimum Gasteiger partial charge on any atom is -0.381 e. The van der Waals surface area contributed by atoms with Gasteiger partial charge in [0.2, 0.25) is 0 Å². The first-order valence-electron chi connectivity index (χ1n) is 5.95. The summed E-state index contributed by atoms with van der Waals surface area (Å²) in [5.41, 5.74) is 0.864. The highest BCUT2D eigenvalue weighted by atomic mass is 32.2.